The van der Waals surface area contributed by atoms with Crippen LogP contribution in [0.2, 0.25) is 0 Å². The van der Waals surface area contributed by atoms with E-state index in [1.807, 2.05) is 6.92 Å². The number of amides is 1. The smallest absolute Gasteiger partial charge is 0.416 e. The van der Waals surface area contributed by atoms with Crippen molar-refractivity contribution in [1.29, 1.82) is 0 Å². The number of rotatable bonds is 11. The fourth-order valence-corrected chi connectivity index (χ4v) is 2.83. The summed E-state index contributed by atoms with van der Waals surface area (Å²) in [5.41, 5.74) is 0.464. The Morgan fingerprint density at radius 2 is 1.90 bits per heavy atom. The molecule has 0 atom stereocenters. The minimum atomic E-state index is -4.55. The summed E-state index contributed by atoms with van der Waals surface area (Å²) in [6.07, 6.45) is -2.67. The third-order valence-corrected chi connectivity index (χ3v) is 4.36. The average Bonchev–Trinajstić information content (AvgIpc) is 2.72. The predicted molar refractivity (Wildman–Crippen MR) is 110 cm³/mol. The third-order valence-electron chi connectivity index (χ3n) is 4.36. The zero-order chi connectivity index (χ0) is 22.9. The number of benzene rings is 2. The van der Waals surface area contributed by atoms with Crippen LogP contribution >= 0.6 is 0 Å². The van der Waals surface area contributed by atoms with Gasteiger partial charge in [0.15, 0.2) is 6.61 Å². The molecule has 0 aliphatic rings. The molecule has 2 aromatic carbocycles. The molecule has 0 radical (unpaired) electrons. The van der Waals surface area contributed by atoms with Crippen molar-refractivity contribution in [2.24, 2.45) is 0 Å². The van der Waals surface area contributed by atoms with E-state index in [4.69, 9.17) is 9.84 Å². The van der Waals surface area contributed by atoms with Gasteiger partial charge in [0.2, 0.25) is 5.91 Å². The molecular weight excluding hydrogens is 413 g/mol. The second-order valence-electron chi connectivity index (χ2n) is 6.90. The van der Waals surface area contributed by atoms with Gasteiger partial charge in [0, 0.05) is 18.7 Å². The minimum absolute atomic E-state index is 0.0378. The van der Waals surface area contributed by atoms with Gasteiger partial charge in [-0.1, -0.05) is 31.5 Å². The fourth-order valence-electron chi connectivity index (χ4n) is 2.83. The highest BCUT2D eigenvalue weighted by molar-refractivity contribution is 5.78. The molecule has 0 aliphatic carbocycles. The van der Waals surface area contributed by atoms with Gasteiger partial charge in [0.05, 0.1) is 12.1 Å². The van der Waals surface area contributed by atoms with Crippen LogP contribution in [0.3, 0.4) is 0 Å². The van der Waals surface area contributed by atoms with E-state index in [0.717, 1.165) is 36.6 Å². The first-order valence-corrected chi connectivity index (χ1v) is 9.83. The molecule has 0 saturated heterocycles. The van der Waals surface area contributed by atoms with Crippen molar-refractivity contribution in [1.82, 2.24) is 10.6 Å². The molecule has 0 unspecified atom stereocenters. The highest BCUT2D eigenvalue weighted by Gasteiger charge is 2.31. The number of carboxylic acids is 1. The van der Waals surface area contributed by atoms with Crippen molar-refractivity contribution in [3.8, 4) is 16.9 Å². The van der Waals surface area contributed by atoms with Crippen LogP contribution in [0.25, 0.3) is 11.1 Å². The van der Waals surface area contributed by atoms with E-state index in [2.05, 4.69) is 10.6 Å². The molecule has 0 saturated carbocycles. The lowest BCUT2D eigenvalue weighted by atomic mass is 9.99. The summed E-state index contributed by atoms with van der Waals surface area (Å²) < 4.78 is 44.7. The Morgan fingerprint density at radius 3 is 2.58 bits per heavy atom. The Balaban J connectivity index is 2.17. The minimum Gasteiger partial charge on any atom is -0.481 e. The zero-order valence-electron chi connectivity index (χ0n) is 17.1. The van der Waals surface area contributed by atoms with Gasteiger partial charge in [-0.05, 0) is 41.8 Å². The number of aliphatic carboxylic acids is 1. The second kappa shape index (κ2) is 11.4. The lowest BCUT2D eigenvalue weighted by Crippen LogP contribution is -2.34. The number of carbonyl (C=O) groups is 2. The van der Waals surface area contributed by atoms with E-state index in [1.54, 1.807) is 24.3 Å². The largest absolute Gasteiger partial charge is 0.481 e. The van der Waals surface area contributed by atoms with Gasteiger partial charge in [-0.15, -0.1) is 0 Å². The molecule has 1 amide bonds. The summed E-state index contributed by atoms with van der Waals surface area (Å²) in [5.74, 6) is -1.33. The molecule has 3 N–H and O–H groups in total. The molecule has 0 aromatic heterocycles. The van der Waals surface area contributed by atoms with E-state index in [9.17, 15) is 22.8 Å². The Hall–Kier alpha value is -3.07. The van der Waals surface area contributed by atoms with Crippen molar-refractivity contribution in [3.63, 3.8) is 0 Å². The number of carboxylic acid groups (broad SMARTS) is 1. The standard InChI is InChI=1S/C22H25F3N2O4/c1-2-3-9-27-20(28)13-26-12-15-5-4-6-16(10-15)18-11-17(22(23,24)25)7-8-19(18)31-14-21(29)30/h4-8,10-11,26H,2-3,9,12-14H2,1H3,(H,27,28)(H,29,30). The molecule has 0 fully saturated rings. The van der Waals surface area contributed by atoms with Crippen LogP contribution in [0.4, 0.5) is 13.2 Å². The number of hydrogen-bond donors (Lipinski definition) is 3. The average molecular weight is 438 g/mol. The maximum atomic E-state index is 13.2. The molecule has 31 heavy (non-hydrogen) atoms. The van der Waals surface area contributed by atoms with Gasteiger partial charge < -0.3 is 20.5 Å². The monoisotopic (exact) mass is 438 g/mol. The van der Waals surface area contributed by atoms with Crippen LogP contribution in [-0.4, -0.2) is 36.7 Å². The maximum absolute atomic E-state index is 13.2. The molecule has 6 nitrogen and oxygen atoms in total. The summed E-state index contributed by atoms with van der Waals surface area (Å²) >= 11 is 0. The Morgan fingerprint density at radius 1 is 1.13 bits per heavy atom. The van der Waals surface area contributed by atoms with Gasteiger partial charge in [0.1, 0.15) is 5.75 Å². The number of ether oxygens (including phenoxy) is 1. The number of alkyl halides is 3. The molecule has 0 aliphatic heterocycles. The van der Waals surface area contributed by atoms with Gasteiger partial charge in [-0.2, -0.15) is 13.2 Å². The number of unbranched alkanes of at least 4 members (excludes halogenated alkanes) is 1. The topological polar surface area (TPSA) is 87.7 Å². The van der Waals surface area contributed by atoms with Crippen molar-refractivity contribution in [3.05, 3.63) is 53.6 Å². The van der Waals surface area contributed by atoms with Crippen LogP contribution < -0.4 is 15.4 Å². The van der Waals surface area contributed by atoms with Gasteiger partial charge >= 0.3 is 12.1 Å². The van der Waals surface area contributed by atoms with Crippen molar-refractivity contribution >= 4 is 11.9 Å². The Labute approximate surface area is 178 Å². The predicted octanol–water partition coefficient (Wildman–Crippen LogP) is 3.84. The number of halogens is 3. The van der Waals surface area contributed by atoms with Crippen LogP contribution in [0.5, 0.6) is 5.75 Å². The quantitative estimate of drug-likeness (QED) is 0.464. The summed E-state index contributed by atoms with van der Waals surface area (Å²) in [4.78, 5) is 22.6. The summed E-state index contributed by atoms with van der Waals surface area (Å²) in [6.45, 7) is 2.41. The summed E-state index contributed by atoms with van der Waals surface area (Å²) in [6, 6.07) is 9.64. The molecule has 0 bridgehead atoms. The first-order chi connectivity index (χ1) is 14.7. The van der Waals surface area contributed by atoms with Crippen molar-refractivity contribution in [2.75, 3.05) is 19.7 Å². The van der Waals surface area contributed by atoms with E-state index in [-0.39, 0.29) is 23.8 Å². The summed E-state index contributed by atoms with van der Waals surface area (Å²) in [5, 5.41) is 14.6. The van der Waals surface area contributed by atoms with Crippen molar-refractivity contribution < 1.29 is 32.6 Å². The first kappa shape index (κ1) is 24.2. The van der Waals surface area contributed by atoms with Gasteiger partial charge in [0.25, 0.3) is 0 Å². The molecule has 0 heterocycles. The Kier molecular flexibility index (Phi) is 8.87. The number of nitrogens with one attached hydrogen (secondary N) is 2. The Bertz CT molecular complexity index is 901. The fraction of sp³-hybridized carbons (Fsp3) is 0.364. The van der Waals surface area contributed by atoms with Crippen LogP contribution in [0.15, 0.2) is 42.5 Å². The van der Waals surface area contributed by atoms with E-state index in [0.29, 0.717) is 18.7 Å². The van der Waals surface area contributed by atoms with Gasteiger partial charge in [-0.25, -0.2) is 4.79 Å². The molecule has 0 spiro atoms. The number of carbonyl (C=O) groups excluding carboxylic acids is 1. The molecule has 2 rings (SSSR count). The normalized spacial score (nSPS) is 11.2. The molecule has 2 aromatic rings. The highest BCUT2D eigenvalue weighted by Crippen LogP contribution is 2.37. The number of hydrogen-bond acceptors (Lipinski definition) is 4. The van der Waals surface area contributed by atoms with Crippen LogP contribution in [0, 0.1) is 0 Å². The lowest BCUT2D eigenvalue weighted by molar-refractivity contribution is -0.140. The molecule has 168 valence electrons. The highest BCUT2D eigenvalue weighted by atomic mass is 19.4. The van der Waals surface area contributed by atoms with Gasteiger partial charge in [-0.3, -0.25) is 4.79 Å². The van der Waals surface area contributed by atoms with E-state index < -0.39 is 24.3 Å². The lowest BCUT2D eigenvalue weighted by Gasteiger charge is -2.15. The first-order valence-electron chi connectivity index (χ1n) is 9.83. The summed E-state index contributed by atoms with van der Waals surface area (Å²) in [7, 11) is 0. The molecule has 9 heteroatoms. The van der Waals surface area contributed by atoms with E-state index >= 15 is 0 Å². The van der Waals surface area contributed by atoms with E-state index in [1.165, 1.54) is 0 Å². The third kappa shape index (κ3) is 7.93. The van der Waals surface area contributed by atoms with Crippen molar-refractivity contribution in [2.45, 2.75) is 32.5 Å². The maximum Gasteiger partial charge on any atom is 0.416 e. The van der Waals surface area contributed by atoms with Crippen LogP contribution in [-0.2, 0) is 22.3 Å². The SMILES string of the molecule is CCCCNC(=O)CNCc1cccc(-c2cc(C(F)(F)F)ccc2OCC(=O)O)c1. The molecular formula is C22H25F3N2O4. The second-order valence-corrected chi connectivity index (χ2v) is 6.90. The zero-order valence-corrected chi connectivity index (χ0v) is 17.1. The van der Waals surface area contributed by atoms with Crippen LogP contribution in [0.1, 0.15) is 30.9 Å².